The zero-order valence-corrected chi connectivity index (χ0v) is 14.5. The second-order valence-corrected chi connectivity index (χ2v) is 6.54. The summed E-state index contributed by atoms with van der Waals surface area (Å²) in [4.78, 5) is 27.7. The maximum Gasteiger partial charge on any atom is 0.248 e. The number of aryl methyl sites for hydroxylation is 1. The molecule has 25 heavy (non-hydrogen) atoms. The summed E-state index contributed by atoms with van der Waals surface area (Å²) in [5.74, 6) is -0.656. The van der Waals surface area contributed by atoms with E-state index >= 15 is 0 Å². The van der Waals surface area contributed by atoms with Crippen molar-refractivity contribution in [3.8, 4) is 10.6 Å². The molecule has 6 heteroatoms. The lowest BCUT2D eigenvalue weighted by atomic mass is 10.1. The lowest BCUT2D eigenvalue weighted by Crippen LogP contribution is -2.15. The van der Waals surface area contributed by atoms with Crippen LogP contribution in [-0.2, 0) is 11.2 Å². The first-order valence-electron chi connectivity index (χ1n) is 7.72. The summed E-state index contributed by atoms with van der Waals surface area (Å²) in [6, 6.07) is 14.6. The fraction of sp³-hybridized carbons (Fsp3) is 0.105. The van der Waals surface area contributed by atoms with Crippen LogP contribution < -0.4 is 11.1 Å². The van der Waals surface area contributed by atoms with E-state index < -0.39 is 5.91 Å². The van der Waals surface area contributed by atoms with Gasteiger partial charge >= 0.3 is 0 Å². The van der Waals surface area contributed by atoms with Crippen molar-refractivity contribution in [2.24, 2.45) is 5.73 Å². The van der Waals surface area contributed by atoms with Crippen molar-refractivity contribution in [2.75, 3.05) is 5.32 Å². The standard InChI is InChI=1S/C19H17N3O2S/c1-12-3-2-4-14(9-12)19-22-16(11-25-19)10-17(23)21-15-7-5-13(6-8-15)18(20)24/h2-9,11H,10H2,1H3,(H2,20,24)(H,21,23). The second kappa shape index (κ2) is 7.27. The van der Waals surface area contributed by atoms with Gasteiger partial charge in [0.1, 0.15) is 5.01 Å². The van der Waals surface area contributed by atoms with E-state index in [9.17, 15) is 9.59 Å². The fourth-order valence-electron chi connectivity index (χ4n) is 2.39. The minimum atomic E-state index is -0.496. The molecule has 0 spiro atoms. The second-order valence-electron chi connectivity index (χ2n) is 5.68. The lowest BCUT2D eigenvalue weighted by Gasteiger charge is -2.04. The molecule has 0 saturated heterocycles. The highest BCUT2D eigenvalue weighted by Crippen LogP contribution is 2.24. The number of carbonyl (C=O) groups excluding carboxylic acids is 2. The minimum Gasteiger partial charge on any atom is -0.366 e. The van der Waals surface area contributed by atoms with Crippen LogP contribution in [0.25, 0.3) is 10.6 Å². The SMILES string of the molecule is Cc1cccc(-c2nc(CC(=O)Nc3ccc(C(N)=O)cc3)cs2)c1. The number of amides is 2. The van der Waals surface area contributed by atoms with Crippen LogP contribution in [0.5, 0.6) is 0 Å². The van der Waals surface area contributed by atoms with Crippen molar-refractivity contribution in [3.05, 3.63) is 70.7 Å². The summed E-state index contributed by atoms with van der Waals surface area (Å²) in [5.41, 5.74) is 9.17. The van der Waals surface area contributed by atoms with Crippen molar-refractivity contribution in [2.45, 2.75) is 13.3 Å². The number of carbonyl (C=O) groups is 2. The molecule has 3 N–H and O–H groups in total. The van der Waals surface area contributed by atoms with Gasteiger partial charge in [0, 0.05) is 22.2 Å². The first-order valence-corrected chi connectivity index (χ1v) is 8.60. The molecule has 0 aliphatic carbocycles. The number of nitrogens with one attached hydrogen (secondary N) is 1. The van der Waals surface area contributed by atoms with Gasteiger partial charge in [0.2, 0.25) is 11.8 Å². The van der Waals surface area contributed by atoms with Gasteiger partial charge in [-0.1, -0.05) is 23.8 Å². The first kappa shape index (κ1) is 16.9. The number of nitrogens with zero attached hydrogens (tertiary/aromatic N) is 1. The number of nitrogens with two attached hydrogens (primary N) is 1. The van der Waals surface area contributed by atoms with Crippen molar-refractivity contribution in [1.29, 1.82) is 0 Å². The summed E-state index contributed by atoms with van der Waals surface area (Å²) < 4.78 is 0. The van der Waals surface area contributed by atoms with Crippen LogP contribution in [0.3, 0.4) is 0 Å². The molecule has 5 nitrogen and oxygen atoms in total. The highest BCUT2D eigenvalue weighted by molar-refractivity contribution is 7.13. The Hall–Kier alpha value is -2.99. The molecule has 0 saturated carbocycles. The molecule has 1 aromatic heterocycles. The number of benzene rings is 2. The molecule has 3 aromatic rings. The van der Waals surface area contributed by atoms with E-state index in [2.05, 4.69) is 16.4 Å². The third-order valence-electron chi connectivity index (χ3n) is 3.61. The summed E-state index contributed by atoms with van der Waals surface area (Å²) in [7, 11) is 0. The van der Waals surface area contributed by atoms with Crippen LogP contribution in [0, 0.1) is 6.92 Å². The highest BCUT2D eigenvalue weighted by Gasteiger charge is 2.10. The van der Waals surface area contributed by atoms with Crippen LogP contribution in [0.1, 0.15) is 21.6 Å². The van der Waals surface area contributed by atoms with Crippen LogP contribution >= 0.6 is 11.3 Å². The normalized spacial score (nSPS) is 10.4. The van der Waals surface area contributed by atoms with E-state index in [1.165, 1.54) is 16.9 Å². The van der Waals surface area contributed by atoms with Crippen molar-refractivity contribution in [1.82, 2.24) is 4.98 Å². The van der Waals surface area contributed by atoms with E-state index in [1.54, 1.807) is 24.3 Å². The summed E-state index contributed by atoms with van der Waals surface area (Å²) in [6.07, 6.45) is 0.194. The monoisotopic (exact) mass is 351 g/mol. The van der Waals surface area contributed by atoms with Crippen molar-refractivity contribution >= 4 is 28.8 Å². The third kappa shape index (κ3) is 4.30. The summed E-state index contributed by atoms with van der Waals surface area (Å²) in [6.45, 7) is 2.04. The van der Waals surface area contributed by atoms with E-state index in [0.717, 1.165) is 16.3 Å². The van der Waals surface area contributed by atoms with Gasteiger partial charge in [-0.3, -0.25) is 9.59 Å². The Kier molecular flexibility index (Phi) is 4.90. The summed E-state index contributed by atoms with van der Waals surface area (Å²) in [5, 5.41) is 5.58. The Morgan fingerprint density at radius 3 is 2.60 bits per heavy atom. The molecule has 0 aliphatic rings. The predicted molar refractivity (Wildman–Crippen MR) is 99.6 cm³/mol. The zero-order valence-electron chi connectivity index (χ0n) is 13.7. The average Bonchev–Trinajstić information content (AvgIpc) is 3.03. The van der Waals surface area contributed by atoms with Gasteiger partial charge in [-0.05, 0) is 37.3 Å². The van der Waals surface area contributed by atoms with Gasteiger partial charge in [0.05, 0.1) is 12.1 Å². The predicted octanol–water partition coefficient (Wildman–Crippen LogP) is 3.40. The topological polar surface area (TPSA) is 85.1 Å². The summed E-state index contributed by atoms with van der Waals surface area (Å²) >= 11 is 1.52. The lowest BCUT2D eigenvalue weighted by molar-refractivity contribution is -0.115. The number of aromatic nitrogens is 1. The van der Waals surface area contributed by atoms with Gasteiger partial charge in [-0.2, -0.15) is 0 Å². The quantitative estimate of drug-likeness (QED) is 0.739. The Bertz CT molecular complexity index is 916. The molecule has 1 heterocycles. The van der Waals surface area contributed by atoms with E-state index in [4.69, 9.17) is 5.73 Å². The molecular weight excluding hydrogens is 334 g/mol. The zero-order chi connectivity index (χ0) is 17.8. The number of primary amides is 1. The molecule has 126 valence electrons. The average molecular weight is 351 g/mol. The molecule has 2 amide bonds. The van der Waals surface area contributed by atoms with E-state index in [0.29, 0.717) is 11.3 Å². The van der Waals surface area contributed by atoms with E-state index in [1.807, 2.05) is 30.5 Å². The van der Waals surface area contributed by atoms with Crippen LogP contribution in [0.4, 0.5) is 5.69 Å². The van der Waals surface area contributed by atoms with E-state index in [-0.39, 0.29) is 12.3 Å². The maximum atomic E-state index is 12.2. The van der Waals surface area contributed by atoms with Gasteiger partial charge in [0.15, 0.2) is 0 Å². The van der Waals surface area contributed by atoms with Crippen molar-refractivity contribution < 1.29 is 9.59 Å². The first-order chi connectivity index (χ1) is 12.0. The van der Waals surface area contributed by atoms with Gasteiger partial charge in [0.25, 0.3) is 0 Å². The molecular formula is C19H17N3O2S. The number of hydrogen-bond acceptors (Lipinski definition) is 4. The van der Waals surface area contributed by atoms with Gasteiger partial charge in [-0.15, -0.1) is 11.3 Å². The maximum absolute atomic E-state index is 12.2. The molecule has 0 atom stereocenters. The van der Waals surface area contributed by atoms with Crippen molar-refractivity contribution in [3.63, 3.8) is 0 Å². The third-order valence-corrected chi connectivity index (χ3v) is 4.55. The molecule has 2 aromatic carbocycles. The largest absolute Gasteiger partial charge is 0.366 e. The molecule has 0 unspecified atom stereocenters. The Labute approximate surface area is 149 Å². The van der Waals surface area contributed by atoms with Gasteiger partial charge < -0.3 is 11.1 Å². The Morgan fingerprint density at radius 1 is 1.16 bits per heavy atom. The smallest absolute Gasteiger partial charge is 0.248 e. The van der Waals surface area contributed by atoms with Crippen LogP contribution in [-0.4, -0.2) is 16.8 Å². The fourth-order valence-corrected chi connectivity index (χ4v) is 3.20. The molecule has 0 radical (unpaired) electrons. The molecule has 0 fully saturated rings. The number of hydrogen-bond donors (Lipinski definition) is 2. The Balaban J connectivity index is 1.64. The van der Waals surface area contributed by atoms with Crippen LogP contribution in [0.2, 0.25) is 0 Å². The number of anilines is 1. The number of thiazole rings is 1. The highest BCUT2D eigenvalue weighted by atomic mass is 32.1. The Morgan fingerprint density at radius 2 is 1.92 bits per heavy atom. The van der Waals surface area contributed by atoms with Crippen LogP contribution in [0.15, 0.2) is 53.9 Å². The molecule has 3 rings (SSSR count). The minimum absolute atomic E-state index is 0.159. The van der Waals surface area contributed by atoms with Gasteiger partial charge in [-0.25, -0.2) is 4.98 Å². The molecule has 0 bridgehead atoms. The molecule has 0 aliphatic heterocycles. The number of rotatable bonds is 5.